The lowest BCUT2D eigenvalue weighted by atomic mass is 10.2. The van der Waals surface area contributed by atoms with Crippen LogP contribution in [0.3, 0.4) is 0 Å². The lowest BCUT2D eigenvalue weighted by Crippen LogP contribution is -2.41. The van der Waals surface area contributed by atoms with E-state index in [4.69, 9.17) is 4.42 Å². The molecule has 1 atom stereocenters. The second-order valence-corrected chi connectivity index (χ2v) is 8.34. The highest BCUT2D eigenvalue weighted by Crippen LogP contribution is 2.17. The van der Waals surface area contributed by atoms with Crippen molar-refractivity contribution in [1.29, 1.82) is 0 Å². The van der Waals surface area contributed by atoms with E-state index >= 15 is 0 Å². The molecule has 25 heavy (non-hydrogen) atoms. The van der Waals surface area contributed by atoms with E-state index < -0.39 is 9.84 Å². The third-order valence-corrected chi connectivity index (χ3v) is 5.90. The zero-order chi connectivity index (χ0) is 17.9. The van der Waals surface area contributed by atoms with E-state index in [0.717, 1.165) is 5.56 Å². The number of benzene rings is 1. The van der Waals surface area contributed by atoms with Crippen molar-refractivity contribution in [3.05, 3.63) is 36.2 Å². The fraction of sp³-hybridized carbons (Fsp3) is 0.438. The molecule has 0 radical (unpaired) electrons. The number of nitrogens with zero attached hydrogens (tertiary/aromatic N) is 3. The summed E-state index contributed by atoms with van der Waals surface area (Å²) >= 11 is 0. The van der Waals surface area contributed by atoms with Crippen molar-refractivity contribution in [2.75, 3.05) is 25.1 Å². The first-order chi connectivity index (χ1) is 11.9. The van der Waals surface area contributed by atoms with Crippen LogP contribution in [-0.2, 0) is 21.2 Å². The monoisotopic (exact) mass is 364 g/mol. The SMILES string of the molecule is CN(CC(=O)NCc1nnc(-c2ccccc2)o1)[C@@H]1CCS(=O)(=O)C1. The van der Waals surface area contributed by atoms with Crippen LogP contribution in [0.5, 0.6) is 0 Å². The standard InChI is InChI=1S/C16H20N4O4S/c1-20(13-7-8-25(22,23)11-13)10-14(21)17-9-15-18-19-16(24-15)12-5-3-2-4-6-12/h2-6,13H,7-11H2,1H3,(H,17,21)/t13-/m1/s1. The zero-order valence-corrected chi connectivity index (χ0v) is 14.7. The van der Waals surface area contributed by atoms with Crippen LogP contribution in [0.4, 0.5) is 0 Å². The van der Waals surface area contributed by atoms with Crippen LogP contribution in [0.1, 0.15) is 12.3 Å². The molecule has 9 heteroatoms. The smallest absolute Gasteiger partial charge is 0.247 e. The molecule has 1 aliphatic rings. The molecule has 134 valence electrons. The molecule has 1 N–H and O–H groups in total. The highest BCUT2D eigenvalue weighted by atomic mass is 32.2. The number of carbonyl (C=O) groups excluding carboxylic acids is 1. The van der Waals surface area contributed by atoms with Gasteiger partial charge in [0.1, 0.15) is 0 Å². The van der Waals surface area contributed by atoms with Gasteiger partial charge in [0.05, 0.1) is 24.6 Å². The van der Waals surface area contributed by atoms with Crippen LogP contribution in [-0.4, -0.2) is 60.6 Å². The molecular formula is C16H20N4O4S. The second kappa shape index (κ2) is 7.32. The number of hydrogen-bond acceptors (Lipinski definition) is 7. The molecule has 0 aliphatic carbocycles. The molecule has 2 aromatic rings. The minimum absolute atomic E-state index is 0.108. The Morgan fingerprint density at radius 3 is 2.76 bits per heavy atom. The van der Waals surface area contributed by atoms with Crippen LogP contribution in [0.15, 0.2) is 34.7 Å². The van der Waals surface area contributed by atoms with Crippen LogP contribution in [0.2, 0.25) is 0 Å². The van der Waals surface area contributed by atoms with Gasteiger partial charge >= 0.3 is 0 Å². The van der Waals surface area contributed by atoms with Gasteiger partial charge < -0.3 is 9.73 Å². The molecule has 1 saturated heterocycles. The lowest BCUT2D eigenvalue weighted by molar-refractivity contribution is -0.122. The summed E-state index contributed by atoms with van der Waals surface area (Å²) < 4.78 is 28.5. The van der Waals surface area contributed by atoms with Gasteiger partial charge in [-0.25, -0.2) is 8.42 Å². The number of sulfone groups is 1. The van der Waals surface area contributed by atoms with Gasteiger partial charge in [-0.1, -0.05) is 18.2 Å². The Kier molecular flexibility index (Phi) is 5.14. The Morgan fingerprint density at radius 2 is 2.08 bits per heavy atom. The summed E-state index contributed by atoms with van der Waals surface area (Å²) in [5.41, 5.74) is 0.815. The van der Waals surface area contributed by atoms with Crippen LogP contribution >= 0.6 is 0 Å². The molecule has 1 fully saturated rings. The molecular weight excluding hydrogens is 344 g/mol. The molecule has 1 aliphatic heterocycles. The lowest BCUT2D eigenvalue weighted by Gasteiger charge is -2.21. The van der Waals surface area contributed by atoms with E-state index in [1.165, 1.54) is 0 Å². The number of aromatic nitrogens is 2. The normalized spacial score (nSPS) is 19.2. The number of amides is 1. The van der Waals surface area contributed by atoms with E-state index in [1.807, 2.05) is 30.3 Å². The van der Waals surface area contributed by atoms with E-state index in [-0.39, 0.29) is 36.5 Å². The predicted octanol–water partition coefficient (Wildman–Crippen LogP) is 0.472. The van der Waals surface area contributed by atoms with Gasteiger partial charge in [-0.15, -0.1) is 10.2 Å². The molecule has 0 spiro atoms. The first kappa shape index (κ1) is 17.6. The highest BCUT2D eigenvalue weighted by Gasteiger charge is 2.31. The largest absolute Gasteiger partial charge is 0.419 e. The van der Waals surface area contributed by atoms with Gasteiger partial charge in [0.15, 0.2) is 9.84 Å². The van der Waals surface area contributed by atoms with Crippen LogP contribution in [0.25, 0.3) is 11.5 Å². The molecule has 1 aromatic heterocycles. The van der Waals surface area contributed by atoms with Gasteiger partial charge in [0, 0.05) is 11.6 Å². The minimum Gasteiger partial charge on any atom is -0.419 e. The van der Waals surface area contributed by atoms with Crippen molar-refractivity contribution in [2.45, 2.75) is 19.0 Å². The Bertz CT molecular complexity index is 835. The summed E-state index contributed by atoms with van der Waals surface area (Å²) in [7, 11) is -1.21. The van der Waals surface area contributed by atoms with E-state index in [0.29, 0.717) is 18.2 Å². The Morgan fingerprint density at radius 1 is 1.32 bits per heavy atom. The maximum absolute atomic E-state index is 12.0. The zero-order valence-electron chi connectivity index (χ0n) is 13.9. The van der Waals surface area contributed by atoms with E-state index in [9.17, 15) is 13.2 Å². The van der Waals surface area contributed by atoms with Crippen molar-refractivity contribution in [3.8, 4) is 11.5 Å². The maximum atomic E-state index is 12.0. The molecule has 0 bridgehead atoms. The summed E-state index contributed by atoms with van der Waals surface area (Å²) in [6, 6.07) is 9.26. The van der Waals surface area contributed by atoms with Gasteiger partial charge in [-0.2, -0.15) is 0 Å². The fourth-order valence-corrected chi connectivity index (χ4v) is 4.54. The van der Waals surface area contributed by atoms with Gasteiger partial charge in [-0.3, -0.25) is 9.69 Å². The predicted molar refractivity (Wildman–Crippen MR) is 91.3 cm³/mol. The van der Waals surface area contributed by atoms with Crippen molar-refractivity contribution in [3.63, 3.8) is 0 Å². The Labute approximate surface area is 146 Å². The minimum atomic E-state index is -2.96. The number of hydrogen-bond donors (Lipinski definition) is 1. The molecule has 3 rings (SSSR count). The molecule has 2 heterocycles. The summed E-state index contributed by atoms with van der Waals surface area (Å²) in [5, 5.41) is 10.6. The first-order valence-corrected chi connectivity index (χ1v) is 9.80. The maximum Gasteiger partial charge on any atom is 0.247 e. The van der Waals surface area contributed by atoms with Crippen LogP contribution < -0.4 is 5.32 Å². The second-order valence-electron chi connectivity index (χ2n) is 6.12. The van der Waals surface area contributed by atoms with E-state index in [2.05, 4.69) is 15.5 Å². The molecule has 8 nitrogen and oxygen atoms in total. The van der Waals surface area contributed by atoms with Crippen molar-refractivity contribution in [1.82, 2.24) is 20.4 Å². The van der Waals surface area contributed by atoms with Gasteiger partial charge in [0.25, 0.3) is 0 Å². The quantitative estimate of drug-likeness (QED) is 0.794. The average molecular weight is 364 g/mol. The summed E-state index contributed by atoms with van der Waals surface area (Å²) in [4.78, 5) is 13.8. The first-order valence-electron chi connectivity index (χ1n) is 7.98. The average Bonchev–Trinajstić information content (AvgIpc) is 3.20. The van der Waals surface area contributed by atoms with Crippen molar-refractivity contribution in [2.24, 2.45) is 0 Å². The highest BCUT2D eigenvalue weighted by molar-refractivity contribution is 7.91. The fourth-order valence-electron chi connectivity index (χ4n) is 2.73. The van der Waals surface area contributed by atoms with Crippen LogP contribution in [0, 0.1) is 0 Å². The summed E-state index contributed by atoms with van der Waals surface area (Å²) in [5.74, 6) is 0.803. The third-order valence-electron chi connectivity index (χ3n) is 4.15. The Hall–Kier alpha value is -2.26. The number of carbonyl (C=O) groups is 1. The third kappa shape index (κ3) is 4.64. The molecule has 0 unspecified atom stereocenters. The van der Waals surface area contributed by atoms with Crippen molar-refractivity contribution >= 4 is 15.7 Å². The van der Waals surface area contributed by atoms with Gasteiger partial charge in [0.2, 0.25) is 17.7 Å². The van der Waals surface area contributed by atoms with Crippen molar-refractivity contribution < 1.29 is 17.6 Å². The summed E-state index contributed by atoms with van der Waals surface area (Å²) in [6.45, 7) is 0.259. The molecule has 1 aromatic carbocycles. The summed E-state index contributed by atoms with van der Waals surface area (Å²) in [6.07, 6.45) is 0.566. The van der Waals surface area contributed by atoms with E-state index in [1.54, 1.807) is 11.9 Å². The molecule has 0 saturated carbocycles. The number of likely N-dealkylation sites (N-methyl/N-ethyl adjacent to an activating group) is 1. The topological polar surface area (TPSA) is 105 Å². The van der Waals surface area contributed by atoms with Gasteiger partial charge in [-0.05, 0) is 25.6 Å². The number of nitrogens with one attached hydrogen (secondary N) is 1. The Balaban J connectivity index is 1.49. The molecule has 1 amide bonds. The number of rotatable bonds is 6.